The van der Waals surface area contributed by atoms with Crippen molar-refractivity contribution in [1.29, 1.82) is 5.26 Å². The van der Waals surface area contributed by atoms with Crippen molar-refractivity contribution in [2.45, 2.75) is 50.7 Å². The van der Waals surface area contributed by atoms with Crippen LogP contribution in [0.15, 0.2) is 72.8 Å². The van der Waals surface area contributed by atoms with Gasteiger partial charge in [0, 0.05) is 55.4 Å². The monoisotopic (exact) mass is 635 g/mol. The molecule has 4 heterocycles. The average molecular weight is 636 g/mol. The van der Waals surface area contributed by atoms with Gasteiger partial charge in [0.2, 0.25) is 0 Å². The summed E-state index contributed by atoms with van der Waals surface area (Å²) in [6.07, 6.45) is -0.0242. The Bertz CT molecular complexity index is 1760. The minimum atomic E-state index is -0.884. The van der Waals surface area contributed by atoms with Gasteiger partial charge in [0.25, 0.3) is 0 Å². The second kappa shape index (κ2) is 13.8. The summed E-state index contributed by atoms with van der Waals surface area (Å²) in [7, 11) is 0. The molecular formula is C36H38FN7O3. The van der Waals surface area contributed by atoms with Crippen molar-refractivity contribution in [3.63, 3.8) is 0 Å². The molecule has 47 heavy (non-hydrogen) atoms. The molecule has 0 aliphatic carbocycles. The van der Waals surface area contributed by atoms with Gasteiger partial charge in [0.15, 0.2) is 0 Å². The number of hydrogen-bond acceptors (Lipinski definition) is 9. The zero-order valence-corrected chi connectivity index (χ0v) is 26.2. The summed E-state index contributed by atoms with van der Waals surface area (Å²) < 4.78 is 25.6. The van der Waals surface area contributed by atoms with Crippen molar-refractivity contribution in [1.82, 2.24) is 20.2 Å². The molecular weight excluding hydrogens is 597 g/mol. The Morgan fingerprint density at radius 2 is 1.83 bits per heavy atom. The van der Waals surface area contributed by atoms with Crippen LogP contribution in [0, 0.1) is 11.3 Å². The molecule has 11 heteroatoms. The summed E-state index contributed by atoms with van der Waals surface area (Å²) in [6, 6.07) is 26.3. The third-order valence-corrected chi connectivity index (χ3v) is 9.26. The number of benzene rings is 3. The maximum Gasteiger partial charge on any atom is 0.410 e. The molecule has 0 radical (unpaired) electrons. The molecule has 242 valence electrons. The lowest BCUT2D eigenvalue weighted by Gasteiger charge is -2.42. The molecule has 3 aromatic carbocycles. The third kappa shape index (κ3) is 6.79. The van der Waals surface area contributed by atoms with Crippen molar-refractivity contribution in [2.75, 3.05) is 49.1 Å². The van der Waals surface area contributed by atoms with E-state index in [1.807, 2.05) is 36.4 Å². The van der Waals surface area contributed by atoms with E-state index < -0.39 is 12.3 Å². The summed E-state index contributed by atoms with van der Waals surface area (Å²) in [5.74, 6) is 0.769. The number of rotatable bonds is 8. The van der Waals surface area contributed by atoms with Gasteiger partial charge in [-0.25, -0.2) is 9.18 Å². The SMILES string of the molecule is N#CCC1CN(c2nc(OC[C@@H]3C[C@@H](F)CN3)nc3c2CCN(c2cccc4ccccc24)C3)CCN1C(=O)OCc1ccccc1. The lowest BCUT2D eigenvalue weighted by Crippen LogP contribution is -2.55. The van der Waals surface area contributed by atoms with Crippen LogP contribution < -0.4 is 19.9 Å². The highest BCUT2D eigenvalue weighted by Gasteiger charge is 2.35. The number of piperazine rings is 1. The Morgan fingerprint density at radius 1 is 1.00 bits per heavy atom. The molecule has 1 N–H and O–H groups in total. The van der Waals surface area contributed by atoms with E-state index in [2.05, 4.69) is 57.6 Å². The maximum absolute atomic E-state index is 13.8. The first kappa shape index (κ1) is 30.7. The van der Waals surface area contributed by atoms with Gasteiger partial charge in [0.1, 0.15) is 25.2 Å². The van der Waals surface area contributed by atoms with E-state index >= 15 is 0 Å². The number of hydrogen-bond donors (Lipinski definition) is 1. The molecule has 1 aromatic heterocycles. The van der Waals surface area contributed by atoms with Crippen molar-refractivity contribution < 1.29 is 18.7 Å². The normalized spacial score (nSPS) is 20.9. The highest BCUT2D eigenvalue weighted by Crippen LogP contribution is 2.35. The molecule has 3 atom stereocenters. The van der Waals surface area contributed by atoms with Crippen molar-refractivity contribution in [3.8, 4) is 12.1 Å². The number of carbonyl (C=O) groups is 1. The van der Waals surface area contributed by atoms with Crippen LogP contribution in [0.25, 0.3) is 10.8 Å². The van der Waals surface area contributed by atoms with Crippen molar-refractivity contribution in [2.24, 2.45) is 0 Å². The van der Waals surface area contributed by atoms with Crippen LogP contribution in [0.4, 0.5) is 20.7 Å². The Labute approximate surface area is 273 Å². The van der Waals surface area contributed by atoms with E-state index in [4.69, 9.17) is 19.4 Å². The highest BCUT2D eigenvalue weighted by atomic mass is 19.1. The molecule has 1 unspecified atom stereocenters. The number of fused-ring (bicyclic) bond motifs is 2. The molecule has 4 aromatic rings. The highest BCUT2D eigenvalue weighted by molar-refractivity contribution is 5.94. The smallest absolute Gasteiger partial charge is 0.410 e. The van der Waals surface area contributed by atoms with Gasteiger partial charge in [-0.2, -0.15) is 15.2 Å². The summed E-state index contributed by atoms with van der Waals surface area (Å²) in [6.45, 7) is 3.47. The second-order valence-corrected chi connectivity index (χ2v) is 12.4. The molecule has 10 nitrogen and oxygen atoms in total. The average Bonchev–Trinajstić information content (AvgIpc) is 3.54. The summed E-state index contributed by atoms with van der Waals surface area (Å²) >= 11 is 0. The standard InChI is InChI=1S/C36H38FN7O3/c37-27-19-28(39-20-27)24-46-35-40-32-22-42(33-12-6-10-26-9-4-5-11-30(26)33)16-14-31(32)34(41-35)43-17-18-44(29(21-43)13-15-38)36(45)47-23-25-7-2-1-3-8-25/h1-12,27-29,39H,13-14,16-24H2/t27-,28+,29?/m1/s1. The fourth-order valence-electron chi connectivity index (χ4n) is 6.85. The van der Waals surface area contributed by atoms with Crippen LogP contribution in [0.5, 0.6) is 6.01 Å². The number of nitriles is 1. The summed E-state index contributed by atoms with van der Waals surface area (Å²) in [4.78, 5) is 29.1. The van der Waals surface area contributed by atoms with Gasteiger partial charge in [-0.3, -0.25) is 0 Å². The second-order valence-electron chi connectivity index (χ2n) is 12.4. The number of anilines is 2. The molecule has 1 amide bonds. The molecule has 3 aliphatic rings. The quantitative estimate of drug-likeness (QED) is 0.286. The number of ether oxygens (including phenoxy) is 2. The number of carbonyl (C=O) groups excluding carboxylic acids is 1. The van der Waals surface area contributed by atoms with E-state index in [1.165, 1.54) is 10.8 Å². The van der Waals surface area contributed by atoms with E-state index in [0.29, 0.717) is 39.1 Å². The molecule has 0 spiro atoms. The maximum atomic E-state index is 13.8. The van der Waals surface area contributed by atoms with Crippen LogP contribution in [0.3, 0.4) is 0 Å². The van der Waals surface area contributed by atoms with Gasteiger partial charge in [-0.1, -0.05) is 66.7 Å². The van der Waals surface area contributed by atoms with Crippen LogP contribution in [0.1, 0.15) is 29.7 Å². The Kier molecular flexibility index (Phi) is 9.02. The molecule has 2 fully saturated rings. The Balaban J connectivity index is 1.14. The first-order chi connectivity index (χ1) is 23.1. The molecule has 2 saturated heterocycles. The molecule has 0 bridgehead atoms. The number of amides is 1. The molecule has 0 saturated carbocycles. The van der Waals surface area contributed by atoms with E-state index in [9.17, 15) is 14.4 Å². The number of nitrogens with zero attached hydrogens (tertiary/aromatic N) is 6. The number of alkyl halides is 1. The minimum Gasteiger partial charge on any atom is -0.462 e. The van der Waals surface area contributed by atoms with Crippen molar-refractivity contribution in [3.05, 3.63) is 89.6 Å². The summed E-state index contributed by atoms with van der Waals surface area (Å²) in [5, 5.41) is 15.2. The third-order valence-electron chi connectivity index (χ3n) is 9.26. The summed E-state index contributed by atoms with van der Waals surface area (Å²) in [5.41, 5.74) is 3.99. The zero-order chi connectivity index (χ0) is 32.2. The van der Waals surface area contributed by atoms with Crippen LogP contribution in [-0.2, 0) is 24.3 Å². The number of halogens is 1. The van der Waals surface area contributed by atoms with Gasteiger partial charge >= 0.3 is 12.1 Å². The Morgan fingerprint density at radius 3 is 2.66 bits per heavy atom. The van der Waals surface area contributed by atoms with E-state index in [1.54, 1.807) is 4.90 Å². The van der Waals surface area contributed by atoms with Gasteiger partial charge < -0.3 is 29.5 Å². The number of aromatic nitrogens is 2. The minimum absolute atomic E-state index is 0.106. The number of nitrogens with one attached hydrogen (secondary N) is 1. The predicted molar refractivity (Wildman–Crippen MR) is 177 cm³/mol. The first-order valence-corrected chi connectivity index (χ1v) is 16.3. The zero-order valence-electron chi connectivity index (χ0n) is 26.2. The van der Waals surface area contributed by atoms with Gasteiger partial charge in [0.05, 0.1) is 30.8 Å². The Hall–Kier alpha value is -4.95. The lowest BCUT2D eigenvalue weighted by atomic mass is 10.0. The van der Waals surface area contributed by atoms with Gasteiger partial charge in [-0.05, 0) is 29.9 Å². The van der Waals surface area contributed by atoms with Crippen LogP contribution in [-0.4, -0.2) is 78.5 Å². The topological polar surface area (TPSA) is 107 Å². The lowest BCUT2D eigenvalue weighted by molar-refractivity contribution is 0.0767. The fraction of sp³-hybridized carbons (Fsp3) is 0.389. The van der Waals surface area contributed by atoms with E-state index in [0.717, 1.165) is 41.3 Å². The van der Waals surface area contributed by atoms with Gasteiger partial charge in [-0.15, -0.1) is 0 Å². The van der Waals surface area contributed by atoms with Crippen LogP contribution in [0.2, 0.25) is 0 Å². The fourth-order valence-corrected chi connectivity index (χ4v) is 6.85. The first-order valence-electron chi connectivity index (χ1n) is 16.3. The van der Waals surface area contributed by atoms with E-state index in [-0.39, 0.29) is 37.7 Å². The molecule has 7 rings (SSSR count). The largest absolute Gasteiger partial charge is 0.462 e. The van der Waals surface area contributed by atoms with Crippen molar-refractivity contribution >= 4 is 28.4 Å². The van der Waals surface area contributed by atoms with Crippen LogP contribution >= 0.6 is 0 Å². The predicted octanol–water partition coefficient (Wildman–Crippen LogP) is 5.01. The molecule has 3 aliphatic heterocycles.